The van der Waals surface area contributed by atoms with Crippen LogP contribution in [0.1, 0.15) is 46.8 Å². The number of nitrogens with zero attached hydrogens (tertiary/aromatic N) is 3. The molecule has 6 rings (SSSR count). The highest BCUT2D eigenvalue weighted by Crippen LogP contribution is 2.36. The van der Waals surface area contributed by atoms with Crippen LogP contribution >= 0.6 is 11.6 Å². The number of likely N-dealkylation sites (tertiary alicyclic amines) is 1. The molecule has 0 aromatic heterocycles. The number of piperidine rings is 1. The quantitative estimate of drug-likeness (QED) is 0.315. The van der Waals surface area contributed by atoms with Gasteiger partial charge in [-0.15, -0.1) is 0 Å². The molecule has 0 aliphatic carbocycles. The predicted octanol–water partition coefficient (Wildman–Crippen LogP) is 6.31. The molecule has 8 nitrogen and oxygen atoms in total. The number of carboxylic acids is 1. The van der Waals surface area contributed by atoms with Gasteiger partial charge in [-0.2, -0.15) is 0 Å². The second-order valence-electron chi connectivity index (χ2n) is 11.5. The maximum atomic E-state index is 13.8. The van der Waals surface area contributed by atoms with Crippen molar-refractivity contribution in [3.8, 4) is 11.5 Å². The van der Waals surface area contributed by atoms with Gasteiger partial charge in [0.2, 0.25) is 0 Å². The van der Waals surface area contributed by atoms with Crippen molar-refractivity contribution in [2.24, 2.45) is 5.92 Å². The zero-order valence-corrected chi connectivity index (χ0v) is 24.3. The van der Waals surface area contributed by atoms with Crippen LogP contribution in [0, 0.1) is 5.92 Å². The summed E-state index contributed by atoms with van der Waals surface area (Å²) < 4.78 is 11.5. The third-order valence-corrected chi connectivity index (χ3v) is 8.81. The molecular weight excluding hydrogens is 554 g/mol. The number of benzene rings is 3. The monoisotopic (exact) mass is 589 g/mol. The van der Waals surface area contributed by atoms with E-state index in [1.807, 2.05) is 35.2 Å². The van der Waals surface area contributed by atoms with E-state index in [1.165, 1.54) is 17.7 Å². The third-order valence-electron chi connectivity index (χ3n) is 8.57. The fourth-order valence-electron chi connectivity index (χ4n) is 6.33. The highest BCUT2D eigenvalue weighted by molar-refractivity contribution is 6.30. The fraction of sp³-hybridized carbons (Fsp3) is 0.394. The SMILES string of the molecule is O=C(O)c1ccc(Oc2ccc(CN3CCC(N4C(=O)N(CC5CCOC5)CC4c4cccc(Cl)c4)CC3)cc2)cc1. The topological polar surface area (TPSA) is 82.6 Å². The predicted molar refractivity (Wildman–Crippen MR) is 160 cm³/mol. The van der Waals surface area contributed by atoms with Crippen LogP contribution in [-0.4, -0.2) is 77.2 Å². The fourth-order valence-corrected chi connectivity index (χ4v) is 6.53. The maximum absolute atomic E-state index is 13.8. The van der Waals surface area contributed by atoms with Crippen LogP contribution in [0.2, 0.25) is 5.02 Å². The summed E-state index contributed by atoms with van der Waals surface area (Å²) >= 11 is 6.36. The molecule has 0 bridgehead atoms. The van der Waals surface area contributed by atoms with Gasteiger partial charge >= 0.3 is 12.0 Å². The molecule has 3 aromatic rings. The van der Waals surface area contributed by atoms with Crippen LogP contribution in [0.4, 0.5) is 4.79 Å². The van der Waals surface area contributed by atoms with Gasteiger partial charge in [-0.05, 0) is 78.9 Å². The molecule has 220 valence electrons. The first-order valence-electron chi connectivity index (χ1n) is 14.7. The Morgan fingerprint density at radius 2 is 1.69 bits per heavy atom. The lowest BCUT2D eigenvalue weighted by Gasteiger charge is -2.39. The number of ether oxygens (including phenoxy) is 2. The molecule has 2 unspecified atom stereocenters. The number of hydrogen-bond acceptors (Lipinski definition) is 5. The first-order valence-corrected chi connectivity index (χ1v) is 15.0. The van der Waals surface area contributed by atoms with E-state index in [0.29, 0.717) is 29.0 Å². The average molecular weight is 590 g/mol. The maximum Gasteiger partial charge on any atom is 0.335 e. The Morgan fingerprint density at radius 3 is 2.33 bits per heavy atom. The Hall–Kier alpha value is -3.59. The smallest absolute Gasteiger partial charge is 0.335 e. The van der Waals surface area contributed by atoms with E-state index in [-0.39, 0.29) is 23.7 Å². The van der Waals surface area contributed by atoms with Gasteiger partial charge in [0.1, 0.15) is 11.5 Å². The molecule has 0 spiro atoms. The summed E-state index contributed by atoms with van der Waals surface area (Å²) in [6, 6.07) is 22.7. The summed E-state index contributed by atoms with van der Waals surface area (Å²) in [5, 5.41) is 9.76. The number of amides is 2. The number of urea groups is 1. The molecule has 2 amide bonds. The van der Waals surface area contributed by atoms with Crippen LogP contribution in [0.25, 0.3) is 0 Å². The summed E-state index contributed by atoms with van der Waals surface area (Å²) in [5.74, 6) is 0.746. The highest BCUT2D eigenvalue weighted by Gasteiger charge is 2.43. The average Bonchev–Trinajstić information content (AvgIpc) is 3.63. The van der Waals surface area contributed by atoms with E-state index in [0.717, 1.165) is 64.2 Å². The Kier molecular flexibility index (Phi) is 8.65. The molecular formula is C33H36ClN3O5. The lowest BCUT2D eigenvalue weighted by Crippen LogP contribution is -2.47. The molecule has 9 heteroatoms. The second-order valence-corrected chi connectivity index (χ2v) is 11.9. The zero-order valence-electron chi connectivity index (χ0n) is 23.5. The van der Waals surface area contributed by atoms with Crippen LogP contribution < -0.4 is 4.74 Å². The van der Waals surface area contributed by atoms with Crippen molar-refractivity contribution < 1.29 is 24.2 Å². The number of hydrogen-bond donors (Lipinski definition) is 1. The molecule has 1 N–H and O–H groups in total. The first kappa shape index (κ1) is 28.5. The minimum absolute atomic E-state index is 0.00273. The van der Waals surface area contributed by atoms with Crippen molar-refractivity contribution >= 4 is 23.6 Å². The van der Waals surface area contributed by atoms with E-state index in [4.69, 9.17) is 26.2 Å². The van der Waals surface area contributed by atoms with E-state index >= 15 is 0 Å². The normalized spacial score (nSPS) is 21.7. The van der Waals surface area contributed by atoms with Crippen molar-refractivity contribution in [3.63, 3.8) is 0 Å². The van der Waals surface area contributed by atoms with Crippen molar-refractivity contribution in [2.45, 2.75) is 37.9 Å². The van der Waals surface area contributed by atoms with Crippen molar-refractivity contribution in [2.75, 3.05) is 39.4 Å². The minimum atomic E-state index is -0.959. The number of halogens is 1. The van der Waals surface area contributed by atoms with Gasteiger partial charge in [0.15, 0.2) is 0 Å². The standard InChI is InChI=1S/C33H36ClN3O5/c34-27-3-1-2-26(18-27)31-21-36(20-24-14-17-41-22-24)33(40)37(31)28-12-15-35(16-13-28)19-23-4-8-29(9-5-23)42-30-10-6-25(7-11-30)32(38)39/h1-11,18,24,28,31H,12-17,19-22H2,(H,38,39). The van der Waals surface area contributed by atoms with Crippen molar-refractivity contribution in [3.05, 3.63) is 94.5 Å². The van der Waals surface area contributed by atoms with Gasteiger partial charge in [-0.25, -0.2) is 9.59 Å². The zero-order chi connectivity index (χ0) is 29.1. The highest BCUT2D eigenvalue weighted by atomic mass is 35.5. The molecule has 3 heterocycles. The molecule has 3 aliphatic heterocycles. The molecule has 2 atom stereocenters. The van der Waals surface area contributed by atoms with Crippen molar-refractivity contribution in [1.29, 1.82) is 0 Å². The molecule has 3 aromatic carbocycles. The summed E-state index contributed by atoms with van der Waals surface area (Å²) in [6.45, 7) is 5.62. The van der Waals surface area contributed by atoms with Crippen LogP contribution in [0.3, 0.4) is 0 Å². The lowest BCUT2D eigenvalue weighted by atomic mass is 9.98. The van der Waals surface area contributed by atoms with Crippen LogP contribution in [0.5, 0.6) is 11.5 Å². The van der Waals surface area contributed by atoms with Gasteiger partial charge < -0.3 is 24.4 Å². The van der Waals surface area contributed by atoms with Gasteiger partial charge in [0, 0.05) is 56.3 Å². The van der Waals surface area contributed by atoms with E-state index in [2.05, 4.69) is 28.0 Å². The molecule has 3 fully saturated rings. The van der Waals surface area contributed by atoms with Gasteiger partial charge in [-0.1, -0.05) is 35.9 Å². The third kappa shape index (κ3) is 6.56. The largest absolute Gasteiger partial charge is 0.478 e. The Bertz CT molecular complexity index is 1390. The van der Waals surface area contributed by atoms with E-state index < -0.39 is 5.97 Å². The Labute approximate surface area is 251 Å². The molecule has 0 radical (unpaired) electrons. The molecule has 3 aliphatic rings. The number of carbonyl (C=O) groups is 2. The summed E-state index contributed by atoms with van der Waals surface area (Å²) in [6.07, 6.45) is 2.87. The lowest BCUT2D eigenvalue weighted by molar-refractivity contribution is 0.0696. The van der Waals surface area contributed by atoms with Crippen LogP contribution in [-0.2, 0) is 11.3 Å². The number of aromatic carboxylic acids is 1. The number of carboxylic acid groups (broad SMARTS) is 1. The number of rotatable bonds is 9. The van der Waals surface area contributed by atoms with Crippen LogP contribution in [0.15, 0.2) is 72.8 Å². The van der Waals surface area contributed by atoms with Crippen molar-refractivity contribution in [1.82, 2.24) is 14.7 Å². The molecule has 0 saturated carbocycles. The first-order chi connectivity index (χ1) is 20.4. The van der Waals surface area contributed by atoms with E-state index in [1.54, 1.807) is 12.1 Å². The summed E-state index contributed by atoms with van der Waals surface area (Å²) in [7, 11) is 0. The summed E-state index contributed by atoms with van der Waals surface area (Å²) in [4.78, 5) is 31.4. The van der Waals surface area contributed by atoms with Gasteiger partial charge in [0.25, 0.3) is 0 Å². The van der Waals surface area contributed by atoms with Gasteiger partial charge in [0.05, 0.1) is 18.2 Å². The molecule has 3 saturated heterocycles. The van der Waals surface area contributed by atoms with Gasteiger partial charge in [-0.3, -0.25) is 4.90 Å². The molecule has 42 heavy (non-hydrogen) atoms. The van der Waals surface area contributed by atoms with E-state index in [9.17, 15) is 9.59 Å². The summed E-state index contributed by atoms with van der Waals surface area (Å²) in [5.41, 5.74) is 2.52. The Morgan fingerprint density at radius 1 is 0.976 bits per heavy atom. The second kappa shape index (κ2) is 12.7. The Balaban J connectivity index is 1.06. The minimum Gasteiger partial charge on any atom is -0.478 e. The number of carbonyl (C=O) groups excluding carboxylic acids is 1.